The number of aromatic nitrogens is 2. The average Bonchev–Trinajstić information content (AvgIpc) is 2.82. The molecule has 0 spiro atoms. The number of hydrogen-bond donors (Lipinski definition) is 2. The van der Waals surface area contributed by atoms with Gasteiger partial charge in [-0.05, 0) is 56.9 Å². The maximum Gasteiger partial charge on any atom is 0.123 e. The van der Waals surface area contributed by atoms with Crippen LogP contribution in [0, 0.1) is 12.7 Å². The minimum Gasteiger partial charge on any atom is -0.345 e. The second-order valence-corrected chi connectivity index (χ2v) is 5.71. The van der Waals surface area contributed by atoms with Crippen LogP contribution in [0.3, 0.4) is 0 Å². The fourth-order valence-electron chi connectivity index (χ4n) is 2.96. The Hall–Kier alpha value is -1.68. The second kappa shape index (κ2) is 5.37. The number of benzene rings is 1. The summed E-state index contributed by atoms with van der Waals surface area (Å²) in [5.41, 5.74) is 8.88. The Kier molecular flexibility index (Phi) is 3.57. The number of aryl methyl sites for hydroxylation is 1. The van der Waals surface area contributed by atoms with Crippen molar-refractivity contribution >= 4 is 0 Å². The number of halogens is 1. The molecule has 106 valence electrons. The Balaban J connectivity index is 1.85. The molecule has 0 bridgehead atoms. The topological polar surface area (TPSA) is 54.7 Å². The first-order chi connectivity index (χ1) is 9.63. The van der Waals surface area contributed by atoms with Crippen molar-refractivity contribution in [2.24, 2.45) is 5.73 Å². The van der Waals surface area contributed by atoms with Gasteiger partial charge in [0.1, 0.15) is 11.6 Å². The van der Waals surface area contributed by atoms with E-state index in [4.69, 9.17) is 10.7 Å². The lowest BCUT2D eigenvalue weighted by molar-refractivity contribution is 0.386. The van der Waals surface area contributed by atoms with E-state index >= 15 is 0 Å². The monoisotopic (exact) mass is 273 g/mol. The summed E-state index contributed by atoms with van der Waals surface area (Å²) in [6, 6.07) is 6.85. The van der Waals surface area contributed by atoms with Gasteiger partial charge in [-0.25, -0.2) is 9.37 Å². The van der Waals surface area contributed by atoms with Crippen molar-refractivity contribution in [2.45, 2.75) is 44.6 Å². The molecule has 1 fully saturated rings. The smallest absolute Gasteiger partial charge is 0.123 e. The molecule has 1 aliphatic rings. The minimum atomic E-state index is -0.219. The fourth-order valence-corrected chi connectivity index (χ4v) is 2.96. The lowest BCUT2D eigenvalue weighted by Gasteiger charge is -2.24. The summed E-state index contributed by atoms with van der Waals surface area (Å²) in [5.74, 6) is 1.31. The third-order valence-corrected chi connectivity index (χ3v) is 4.18. The number of hydrogen-bond acceptors (Lipinski definition) is 2. The van der Waals surface area contributed by atoms with Gasteiger partial charge in [-0.15, -0.1) is 0 Å². The molecule has 1 aromatic carbocycles. The van der Waals surface area contributed by atoms with Crippen LogP contribution in [0.25, 0.3) is 11.3 Å². The highest BCUT2D eigenvalue weighted by molar-refractivity contribution is 5.61. The summed E-state index contributed by atoms with van der Waals surface area (Å²) in [6.45, 7) is 2.02. The predicted octanol–water partition coefficient (Wildman–Crippen LogP) is 3.51. The number of nitrogens with one attached hydrogen (secondary N) is 1. The van der Waals surface area contributed by atoms with Crippen molar-refractivity contribution in [3.63, 3.8) is 0 Å². The quantitative estimate of drug-likeness (QED) is 0.879. The molecule has 3 nitrogen and oxygen atoms in total. The van der Waals surface area contributed by atoms with E-state index in [0.29, 0.717) is 12.0 Å². The second-order valence-electron chi connectivity index (χ2n) is 5.71. The van der Waals surface area contributed by atoms with Crippen LogP contribution in [0.2, 0.25) is 0 Å². The van der Waals surface area contributed by atoms with Gasteiger partial charge in [0.05, 0.1) is 5.69 Å². The molecule has 1 aliphatic carbocycles. The number of imidazole rings is 1. The number of nitrogens with two attached hydrogens (primary N) is 1. The van der Waals surface area contributed by atoms with Gasteiger partial charge in [0.25, 0.3) is 0 Å². The van der Waals surface area contributed by atoms with E-state index in [9.17, 15) is 4.39 Å². The van der Waals surface area contributed by atoms with Gasteiger partial charge in [0.15, 0.2) is 0 Å². The van der Waals surface area contributed by atoms with Crippen molar-refractivity contribution in [1.29, 1.82) is 0 Å². The van der Waals surface area contributed by atoms with E-state index in [1.165, 1.54) is 12.1 Å². The maximum atomic E-state index is 13.0. The highest BCUT2D eigenvalue weighted by atomic mass is 19.1. The van der Waals surface area contributed by atoms with Gasteiger partial charge in [-0.2, -0.15) is 0 Å². The van der Waals surface area contributed by atoms with Crippen molar-refractivity contribution in [1.82, 2.24) is 9.97 Å². The van der Waals surface area contributed by atoms with Crippen LogP contribution in [0.4, 0.5) is 4.39 Å². The molecule has 0 amide bonds. The Labute approximate surface area is 118 Å². The first-order valence-electron chi connectivity index (χ1n) is 7.21. The molecule has 0 saturated heterocycles. The number of nitrogens with zero attached hydrogens (tertiary/aromatic N) is 1. The summed E-state index contributed by atoms with van der Waals surface area (Å²) in [7, 11) is 0. The van der Waals surface area contributed by atoms with Crippen LogP contribution in [0.5, 0.6) is 0 Å². The van der Waals surface area contributed by atoms with Crippen molar-refractivity contribution in [3.05, 3.63) is 41.6 Å². The number of aromatic amines is 1. The van der Waals surface area contributed by atoms with E-state index in [-0.39, 0.29) is 5.82 Å². The van der Waals surface area contributed by atoms with Crippen molar-refractivity contribution in [2.75, 3.05) is 0 Å². The molecular formula is C16H20FN3. The molecule has 3 rings (SSSR count). The first-order valence-corrected chi connectivity index (χ1v) is 7.21. The zero-order valence-corrected chi connectivity index (χ0v) is 11.7. The van der Waals surface area contributed by atoms with Gasteiger partial charge < -0.3 is 10.7 Å². The van der Waals surface area contributed by atoms with E-state index < -0.39 is 0 Å². The van der Waals surface area contributed by atoms with E-state index in [0.717, 1.165) is 48.5 Å². The van der Waals surface area contributed by atoms with E-state index in [1.807, 2.05) is 6.92 Å². The Morgan fingerprint density at radius 2 is 1.80 bits per heavy atom. The molecule has 0 atom stereocenters. The zero-order chi connectivity index (χ0) is 14.1. The molecule has 0 aliphatic heterocycles. The fraction of sp³-hybridized carbons (Fsp3) is 0.438. The van der Waals surface area contributed by atoms with Gasteiger partial charge in [0.2, 0.25) is 0 Å². The molecule has 2 aromatic rings. The molecule has 20 heavy (non-hydrogen) atoms. The summed E-state index contributed by atoms with van der Waals surface area (Å²) in [5, 5.41) is 0. The standard InChI is InChI=1S/C16H20FN3/c1-10-15(11-2-6-13(17)7-3-11)20-16(19-10)12-4-8-14(18)9-5-12/h2-3,6-7,12,14H,4-5,8-9,18H2,1H3,(H,19,20). The van der Waals surface area contributed by atoms with Crippen molar-refractivity contribution in [3.8, 4) is 11.3 Å². The normalized spacial score (nSPS) is 22.9. The molecule has 1 heterocycles. The van der Waals surface area contributed by atoms with Crippen LogP contribution >= 0.6 is 0 Å². The Morgan fingerprint density at radius 1 is 1.15 bits per heavy atom. The predicted molar refractivity (Wildman–Crippen MR) is 77.9 cm³/mol. The van der Waals surface area contributed by atoms with Gasteiger partial charge in [0, 0.05) is 23.2 Å². The molecule has 4 heteroatoms. The van der Waals surface area contributed by atoms with Gasteiger partial charge in [-0.3, -0.25) is 0 Å². The van der Waals surface area contributed by atoms with Gasteiger partial charge >= 0.3 is 0 Å². The molecule has 3 N–H and O–H groups in total. The highest BCUT2D eigenvalue weighted by Gasteiger charge is 2.23. The summed E-state index contributed by atoms with van der Waals surface area (Å²) in [4.78, 5) is 8.14. The third kappa shape index (κ3) is 2.61. The lowest BCUT2D eigenvalue weighted by Crippen LogP contribution is -2.26. The van der Waals surface area contributed by atoms with Crippen LogP contribution in [-0.2, 0) is 0 Å². The molecule has 0 unspecified atom stereocenters. The lowest BCUT2D eigenvalue weighted by atomic mass is 9.86. The van der Waals surface area contributed by atoms with Crippen LogP contribution < -0.4 is 5.73 Å². The minimum absolute atomic E-state index is 0.219. The largest absolute Gasteiger partial charge is 0.345 e. The average molecular weight is 273 g/mol. The van der Waals surface area contributed by atoms with Gasteiger partial charge in [-0.1, -0.05) is 0 Å². The van der Waals surface area contributed by atoms with Crippen LogP contribution in [0.15, 0.2) is 24.3 Å². The van der Waals surface area contributed by atoms with Crippen molar-refractivity contribution < 1.29 is 4.39 Å². The summed E-state index contributed by atoms with van der Waals surface area (Å²) < 4.78 is 13.0. The molecule has 1 aromatic heterocycles. The maximum absolute atomic E-state index is 13.0. The molecule has 0 radical (unpaired) electrons. The SMILES string of the molecule is Cc1[nH]c(C2CCC(N)CC2)nc1-c1ccc(F)cc1. The van der Waals surface area contributed by atoms with Crippen LogP contribution in [0.1, 0.15) is 43.1 Å². The van der Waals surface area contributed by atoms with E-state index in [2.05, 4.69) is 4.98 Å². The first kappa shape index (κ1) is 13.3. The van der Waals surface area contributed by atoms with Crippen LogP contribution in [-0.4, -0.2) is 16.0 Å². The Morgan fingerprint density at radius 3 is 2.45 bits per heavy atom. The van der Waals surface area contributed by atoms with E-state index in [1.54, 1.807) is 12.1 Å². The zero-order valence-electron chi connectivity index (χ0n) is 11.7. The number of rotatable bonds is 2. The highest BCUT2D eigenvalue weighted by Crippen LogP contribution is 2.32. The summed E-state index contributed by atoms with van der Waals surface area (Å²) >= 11 is 0. The number of H-pyrrole nitrogens is 1. The Bertz CT molecular complexity index is 580. The molecule has 1 saturated carbocycles. The summed E-state index contributed by atoms with van der Waals surface area (Å²) in [6.07, 6.45) is 4.32. The third-order valence-electron chi connectivity index (χ3n) is 4.18. The molecular weight excluding hydrogens is 253 g/mol.